The minimum absolute atomic E-state index is 0.126. The highest BCUT2D eigenvalue weighted by Crippen LogP contribution is 2.29. The first-order valence-electron chi connectivity index (χ1n) is 15.7. The number of rotatable bonds is 18. The van der Waals surface area contributed by atoms with Gasteiger partial charge in [-0.25, -0.2) is 4.79 Å². The highest BCUT2D eigenvalue weighted by Gasteiger charge is 2.43. The maximum atomic E-state index is 13.9. The van der Waals surface area contributed by atoms with E-state index in [1.165, 1.54) is 6.92 Å². The van der Waals surface area contributed by atoms with Crippen molar-refractivity contribution in [3.8, 4) is 16.9 Å². The van der Waals surface area contributed by atoms with Gasteiger partial charge in [0.1, 0.15) is 23.1 Å². The second kappa shape index (κ2) is 16.3. The maximum absolute atomic E-state index is 13.9. The number of hydrogen-bond donors (Lipinski definition) is 2. The number of urea groups is 1. The van der Waals surface area contributed by atoms with E-state index < -0.39 is 17.3 Å². The Morgan fingerprint density at radius 2 is 1.78 bits per heavy atom. The number of benzene rings is 2. The third kappa shape index (κ3) is 9.25. The molecule has 0 aliphatic heterocycles. The van der Waals surface area contributed by atoms with Gasteiger partial charge in [0.05, 0.1) is 19.9 Å². The molecule has 1 aromatic heterocycles. The third-order valence-corrected chi connectivity index (χ3v) is 8.40. The number of ether oxygens (including phenoxy) is 3. The number of ketones is 2. The number of nitrogens with one attached hydrogen (secondary N) is 2. The quantitative estimate of drug-likeness (QED) is 0.160. The van der Waals surface area contributed by atoms with Crippen molar-refractivity contribution in [1.82, 2.24) is 15.1 Å². The highest BCUT2D eigenvalue weighted by molar-refractivity contribution is 5.92. The second-order valence-electron chi connectivity index (χ2n) is 11.5. The molecule has 2 N–H and O–H groups in total. The summed E-state index contributed by atoms with van der Waals surface area (Å²) < 4.78 is 17.9. The van der Waals surface area contributed by atoms with Crippen LogP contribution in [-0.2, 0) is 25.6 Å². The van der Waals surface area contributed by atoms with Gasteiger partial charge in [-0.3, -0.25) is 14.7 Å². The first-order valence-corrected chi connectivity index (χ1v) is 15.7. The van der Waals surface area contributed by atoms with E-state index in [0.29, 0.717) is 43.7 Å². The summed E-state index contributed by atoms with van der Waals surface area (Å²) in [5.74, 6) is 0.365. The molecule has 1 heterocycles. The van der Waals surface area contributed by atoms with Gasteiger partial charge in [0.2, 0.25) is 0 Å². The zero-order valence-electron chi connectivity index (χ0n) is 27.6. The molecule has 10 nitrogen and oxygen atoms in total. The molecular formula is C35H48N4O6. The molecule has 3 unspecified atom stereocenters. The van der Waals surface area contributed by atoms with Gasteiger partial charge in [-0.2, -0.15) is 5.10 Å². The van der Waals surface area contributed by atoms with Crippen molar-refractivity contribution in [3.63, 3.8) is 0 Å². The summed E-state index contributed by atoms with van der Waals surface area (Å²) in [6, 6.07) is 14.8. The Bertz CT molecular complexity index is 1390. The van der Waals surface area contributed by atoms with Gasteiger partial charge in [0.25, 0.3) is 0 Å². The van der Waals surface area contributed by atoms with Crippen molar-refractivity contribution < 1.29 is 28.6 Å². The normalized spacial score (nSPS) is 14.6. The molecule has 0 aliphatic rings. The van der Waals surface area contributed by atoms with Crippen LogP contribution in [0.3, 0.4) is 0 Å². The lowest BCUT2D eigenvalue weighted by Gasteiger charge is -2.37. The van der Waals surface area contributed by atoms with Gasteiger partial charge in [-0.05, 0) is 75.4 Å². The Balaban J connectivity index is 1.78. The summed E-state index contributed by atoms with van der Waals surface area (Å²) in [6.45, 7) is 11.3. The molecule has 0 saturated heterocycles. The average molecular weight is 621 g/mol. The molecule has 0 saturated carbocycles. The number of methoxy groups -OCH3 is 1. The Morgan fingerprint density at radius 3 is 2.36 bits per heavy atom. The first-order chi connectivity index (χ1) is 21.5. The molecule has 45 heavy (non-hydrogen) atoms. The lowest BCUT2D eigenvalue weighted by atomic mass is 9.86. The van der Waals surface area contributed by atoms with Crippen LogP contribution in [0.25, 0.3) is 11.1 Å². The number of carbonyl (C=O) groups excluding carboxylic acids is 3. The largest absolute Gasteiger partial charge is 0.497 e. The van der Waals surface area contributed by atoms with Crippen molar-refractivity contribution in [2.45, 2.75) is 91.1 Å². The Kier molecular flexibility index (Phi) is 12.9. The van der Waals surface area contributed by atoms with E-state index in [0.717, 1.165) is 16.7 Å². The zero-order chi connectivity index (χ0) is 33.0. The van der Waals surface area contributed by atoms with E-state index in [9.17, 15) is 14.4 Å². The summed E-state index contributed by atoms with van der Waals surface area (Å²) in [7, 11) is 1.60. The Morgan fingerprint density at radius 1 is 1.04 bits per heavy atom. The van der Waals surface area contributed by atoms with Crippen molar-refractivity contribution in [2.75, 3.05) is 25.6 Å². The molecule has 0 fully saturated rings. The van der Waals surface area contributed by atoms with Crippen LogP contribution in [0.15, 0.2) is 60.9 Å². The molecule has 3 rings (SSSR count). The number of H-pyrrole nitrogens is 1. The predicted octanol–water partition coefficient (Wildman–Crippen LogP) is 6.82. The highest BCUT2D eigenvalue weighted by atomic mass is 16.5. The molecule has 3 atom stereocenters. The molecule has 0 aliphatic carbocycles. The van der Waals surface area contributed by atoms with Crippen molar-refractivity contribution in [2.24, 2.45) is 0 Å². The molecular weight excluding hydrogens is 572 g/mol. The van der Waals surface area contributed by atoms with Crippen LogP contribution in [-0.4, -0.2) is 70.3 Å². The summed E-state index contributed by atoms with van der Waals surface area (Å²) in [4.78, 5) is 41.4. The van der Waals surface area contributed by atoms with Crippen LogP contribution >= 0.6 is 0 Å². The first kappa shape index (κ1) is 35.5. The van der Waals surface area contributed by atoms with E-state index in [1.807, 2.05) is 75.5 Å². The van der Waals surface area contributed by atoms with Crippen LogP contribution in [0.1, 0.15) is 72.8 Å². The van der Waals surface area contributed by atoms with Crippen LogP contribution < -0.4 is 10.1 Å². The number of carbonyl (C=O) groups is 3. The van der Waals surface area contributed by atoms with Gasteiger partial charge in [-0.1, -0.05) is 51.5 Å². The van der Waals surface area contributed by atoms with Crippen molar-refractivity contribution in [3.05, 3.63) is 66.5 Å². The molecule has 0 spiro atoms. The Hall–Kier alpha value is -4.02. The monoisotopic (exact) mass is 620 g/mol. The van der Waals surface area contributed by atoms with Gasteiger partial charge in [0.15, 0.2) is 11.6 Å². The molecule has 0 bridgehead atoms. The number of aromatic amines is 1. The average Bonchev–Trinajstić information content (AvgIpc) is 3.59. The van der Waals surface area contributed by atoms with Crippen LogP contribution in [0.5, 0.6) is 5.75 Å². The van der Waals surface area contributed by atoms with Crippen molar-refractivity contribution >= 4 is 23.3 Å². The number of Topliss-reactive ketones (excluding diaryl/α,β-unsaturated/α-hetero) is 2. The smallest absolute Gasteiger partial charge is 0.322 e. The summed E-state index contributed by atoms with van der Waals surface area (Å²) in [5.41, 5.74) is 1.29. The fourth-order valence-electron chi connectivity index (χ4n) is 5.30. The Labute approximate surface area is 266 Å². The van der Waals surface area contributed by atoms with Gasteiger partial charge >= 0.3 is 6.03 Å². The standard InChI is InChI=1S/C35H48N4O6/c1-8-18-35(10-3,32(41)25(4)45-34(6,9-2)26(5)40)44-20-19-39(24-27-12-11-13-31(21-27)43-7)33(42)38-30-16-14-28(15-17-30)29-22-36-37-23-29/h11-17,21-23,25H,8-10,18-20,24H2,1-7H3,(H,36,37)(H,38,42). The van der Waals surface area contributed by atoms with Crippen LogP contribution in [0, 0.1) is 0 Å². The molecule has 3 aromatic rings. The number of nitrogens with zero attached hydrogens (tertiary/aromatic N) is 2. The fraction of sp³-hybridized carbons (Fsp3) is 0.486. The topological polar surface area (TPSA) is 123 Å². The van der Waals surface area contributed by atoms with Crippen LogP contribution in [0.2, 0.25) is 0 Å². The van der Waals surface area contributed by atoms with E-state index in [2.05, 4.69) is 15.5 Å². The number of amides is 2. The van der Waals surface area contributed by atoms with Crippen LogP contribution in [0.4, 0.5) is 10.5 Å². The van der Waals surface area contributed by atoms with E-state index in [1.54, 1.807) is 32.1 Å². The zero-order valence-corrected chi connectivity index (χ0v) is 27.6. The molecule has 2 aromatic carbocycles. The van der Waals surface area contributed by atoms with Gasteiger partial charge in [-0.15, -0.1) is 0 Å². The summed E-state index contributed by atoms with van der Waals surface area (Å²) in [5, 5.41) is 9.79. The third-order valence-electron chi connectivity index (χ3n) is 8.40. The maximum Gasteiger partial charge on any atom is 0.322 e. The molecule has 10 heteroatoms. The molecule has 244 valence electrons. The number of anilines is 1. The van der Waals surface area contributed by atoms with E-state index in [4.69, 9.17) is 14.2 Å². The fourth-order valence-corrected chi connectivity index (χ4v) is 5.30. The van der Waals surface area contributed by atoms with Gasteiger partial charge in [0, 0.05) is 30.5 Å². The SMILES string of the molecule is CCCC(CC)(OCCN(Cc1cccc(OC)c1)C(=O)Nc1ccc(-c2cn[nH]c2)cc1)C(=O)C(C)OC(C)(CC)C(C)=O. The van der Waals surface area contributed by atoms with Crippen molar-refractivity contribution in [1.29, 1.82) is 0 Å². The number of hydrogen-bond acceptors (Lipinski definition) is 7. The lowest BCUT2D eigenvalue weighted by Crippen LogP contribution is -2.51. The minimum Gasteiger partial charge on any atom is -0.497 e. The predicted molar refractivity (Wildman–Crippen MR) is 175 cm³/mol. The van der Waals surface area contributed by atoms with Gasteiger partial charge < -0.3 is 24.4 Å². The van der Waals surface area contributed by atoms with E-state index in [-0.39, 0.29) is 30.7 Å². The summed E-state index contributed by atoms with van der Waals surface area (Å²) in [6.07, 6.45) is 4.79. The second-order valence-corrected chi connectivity index (χ2v) is 11.5. The summed E-state index contributed by atoms with van der Waals surface area (Å²) >= 11 is 0. The molecule has 0 radical (unpaired) electrons. The minimum atomic E-state index is -1.11. The van der Waals surface area contributed by atoms with E-state index >= 15 is 0 Å². The lowest BCUT2D eigenvalue weighted by molar-refractivity contribution is -0.172. The molecule has 2 amide bonds. The number of aromatic nitrogens is 2.